The Morgan fingerprint density at radius 1 is 1.38 bits per heavy atom. The van der Waals surface area contributed by atoms with Gasteiger partial charge in [0.25, 0.3) is 5.91 Å². The lowest BCUT2D eigenvalue weighted by molar-refractivity contribution is -0.146. The number of carbonyl (C=O) groups excluding carboxylic acids is 1. The number of anilines is 1. The third kappa shape index (κ3) is 2.78. The number of hydrogen-bond acceptors (Lipinski definition) is 4. The summed E-state index contributed by atoms with van der Waals surface area (Å²) in [5, 5.41) is 19.9. The predicted octanol–water partition coefficient (Wildman–Crippen LogP) is 0.997. The van der Waals surface area contributed by atoms with E-state index in [9.17, 15) is 9.59 Å². The highest BCUT2D eigenvalue weighted by atomic mass is 16.4. The van der Waals surface area contributed by atoms with Crippen molar-refractivity contribution in [3.63, 3.8) is 0 Å². The van der Waals surface area contributed by atoms with Crippen molar-refractivity contribution in [3.8, 4) is 0 Å². The quantitative estimate of drug-likeness (QED) is 0.874. The Balaban J connectivity index is 2.18. The molecule has 0 fully saturated rings. The normalized spacial score (nSPS) is 11.4. The molecule has 112 valence electrons. The number of carboxylic acids is 1. The molecule has 2 N–H and O–H groups in total. The first-order valence-corrected chi connectivity index (χ1v) is 6.32. The van der Waals surface area contributed by atoms with Crippen LogP contribution in [0.4, 0.5) is 5.69 Å². The molecule has 2 aromatic rings. The number of carbonyl (C=O) groups is 2. The zero-order chi connectivity index (χ0) is 15.8. The molecule has 0 aliphatic heterocycles. The molecule has 8 nitrogen and oxygen atoms in total. The van der Waals surface area contributed by atoms with Gasteiger partial charge in [0.2, 0.25) is 0 Å². The highest BCUT2D eigenvalue weighted by Gasteiger charge is 2.30. The van der Waals surface area contributed by atoms with Crippen molar-refractivity contribution in [1.82, 2.24) is 19.6 Å². The van der Waals surface area contributed by atoms with Crippen LogP contribution in [0.15, 0.2) is 18.5 Å². The fourth-order valence-electron chi connectivity index (χ4n) is 1.81. The highest BCUT2D eigenvalue weighted by molar-refractivity contribution is 6.03. The van der Waals surface area contributed by atoms with E-state index >= 15 is 0 Å². The molecule has 0 unspecified atom stereocenters. The van der Waals surface area contributed by atoms with Crippen molar-refractivity contribution in [3.05, 3.63) is 29.8 Å². The van der Waals surface area contributed by atoms with E-state index in [1.807, 2.05) is 0 Å². The number of nitrogens with zero attached hydrogens (tertiary/aromatic N) is 4. The topological polar surface area (TPSA) is 102 Å². The van der Waals surface area contributed by atoms with Gasteiger partial charge in [-0.2, -0.15) is 10.2 Å². The summed E-state index contributed by atoms with van der Waals surface area (Å²) in [5.74, 6) is -1.34. The van der Waals surface area contributed by atoms with Crippen LogP contribution in [0.3, 0.4) is 0 Å². The smallest absolute Gasteiger partial charge is 0.331 e. The number of nitrogens with one attached hydrogen (secondary N) is 1. The van der Waals surface area contributed by atoms with Crippen LogP contribution in [-0.4, -0.2) is 36.5 Å². The van der Waals surface area contributed by atoms with E-state index in [1.54, 1.807) is 20.0 Å². The highest BCUT2D eigenvalue weighted by Crippen LogP contribution is 2.17. The lowest BCUT2D eigenvalue weighted by Gasteiger charge is -2.19. The summed E-state index contributed by atoms with van der Waals surface area (Å²) in [6, 6.07) is 1.67. The van der Waals surface area contributed by atoms with Crippen molar-refractivity contribution in [2.45, 2.75) is 26.3 Å². The molecular weight excluding hydrogens is 274 g/mol. The number of aliphatic carboxylic acids is 1. The minimum Gasteiger partial charge on any atom is -0.479 e. The van der Waals surface area contributed by atoms with Crippen molar-refractivity contribution in [1.29, 1.82) is 0 Å². The molecule has 0 aliphatic rings. The van der Waals surface area contributed by atoms with Crippen LogP contribution in [0, 0.1) is 6.92 Å². The first-order valence-electron chi connectivity index (χ1n) is 6.32. The molecule has 8 heteroatoms. The Labute approximate surface area is 121 Å². The SMILES string of the molecule is Cc1cc(C(=O)Nc2cnn(C(C)(C)C(=O)O)c2)n(C)n1. The van der Waals surface area contributed by atoms with Gasteiger partial charge in [0, 0.05) is 13.2 Å². The first-order chi connectivity index (χ1) is 9.71. The Hall–Kier alpha value is -2.64. The second-order valence-corrected chi connectivity index (χ2v) is 5.29. The molecule has 2 rings (SSSR count). The maximum absolute atomic E-state index is 12.1. The molecule has 0 saturated heterocycles. The summed E-state index contributed by atoms with van der Waals surface area (Å²) in [5.41, 5.74) is 0.391. The fraction of sp³-hybridized carbons (Fsp3) is 0.385. The molecule has 0 aliphatic carbocycles. The van der Waals surface area contributed by atoms with Crippen molar-refractivity contribution in [2.75, 3.05) is 5.32 Å². The predicted molar refractivity (Wildman–Crippen MR) is 75.1 cm³/mol. The summed E-state index contributed by atoms with van der Waals surface area (Å²) in [4.78, 5) is 23.3. The lowest BCUT2D eigenvalue weighted by atomic mass is 10.1. The van der Waals surface area contributed by atoms with E-state index in [-0.39, 0.29) is 5.91 Å². The van der Waals surface area contributed by atoms with E-state index in [0.29, 0.717) is 11.4 Å². The molecular formula is C13H17N5O3. The average Bonchev–Trinajstić information content (AvgIpc) is 2.96. The molecule has 0 saturated carbocycles. The van der Waals surface area contributed by atoms with E-state index in [1.165, 1.54) is 35.6 Å². The molecule has 2 aromatic heterocycles. The van der Waals surface area contributed by atoms with E-state index in [0.717, 1.165) is 5.69 Å². The van der Waals surface area contributed by atoms with Gasteiger partial charge in [0.05, 0.1) is 17.6 Å². The molecule has 0 aromatic carbocycles. The number of carboxylic acid groups (broad SMARTS) is 1. The van der Waals surface area contributed by atoms with Crippen LogP contribution in [0.5, 0.6) is 0 Å². The van der Waals surface area contributed by atoms with Gasteiger partial charge in [0.1, 0.15) is 5.69 Å². The molecule has 1 amide bonds. The van der Waals surface area contributed by atoms with Crippen molar-refractivity contribution in [2.24, 2.45) is 7.05 Å². The monoisotopic (exact) mass is 291 g/mol. The number of hydrogen-bond donors (Lipinski definition) is 2. The summed E-state index contributed by atoms with van der Waals surface area (Å²) in [7, 11) is 1.68. The van der Waals surface area contributed by atoms with Gasteiger partial charge in [-0.25, -0.2) is 4.79 Å². The van der Waals surface area contributed by atoms with Gasteiger partial charge >= 0.3 is 5.97 Å². The van der Waals surface area contributed by atoms with Crippen LogP contribution in [0.1, 0.15) is 30.0 Å². The van der Waals surface area contributed by atoms with Gasteiger partial charge in [0.15, 0.2) is 5.54 Å². The van der Waals surface area contributed by atoms with E-state index in [2.05, 4.69) is 15.5 Å². The van der Waals surface area contributed by atoms with Crippen molar-refractivity contribution >= 4 is 17.6 Å². The van der Waals surface area contributed by atoms with Crippen LogP contribution in [0.25, 0.3) is 0 Å². The maximum Gasteiger partial charge on any atom is 0.331 e. The summed E-state index contributed by atoms with van der Waals surface area (Å²) in [6.45, 7) is 4.85. The Morgan fingerprint density at radius 2 is 2.05 bits per heavy atom. The van der Waals surface area contributed by atoms with Crippen LogP contribution >= 0.6 is 0 Å². The Kier molecular flexibility index (Phi) is 3.54. The summed E-state index contributed by atoms with van der Waals surface area (Å²) < 4.78 is 2.77. The number of aromatic nitrogens is 4. The Bertz CT molecular complexity index is 698. The van der Waals surface area contributed by atoms with E-state index in [4.69, 9.17) is 5.11 Å². The minimum atomic E-state index is -1.19. The number of amides is 1. The average molecular weight is 291 g/mol. The second-order valence-electron chi connectivity index (χ2n) is 5.29. The van der Waals surface area contributed by atoms with Gasteiger partial charge in [-0.05, 0) is 26.8 Å². The van der Waals surface area contributed by atoms with Gasteiger partial charge in [-0.15, -0.1) is 0 Å². The molecule has 0 atom stereocenters. The lowest BCUT2D eigenvalue weighted by Crippen LogP contribution is -2.35. The van der Waals surface area contributed by atoms with Crippen LogP contribution in [-0.2, 0) is 17.4 Å². The first kappa shape index (κ1) is 14.8. The van der Waals surface area contributed by atoms with Gasteiger partial charge < -0.3 is 10.4 Å². The third-order valence-electron chi connectivity index (χ3n) is 3.17. The van der Waals surface area contributed by atoms with E-state index < -0.39 is 11.5 Å². The van der Waals surface area contributed by atoms with Crippen LogP contribution in [0.2, 0.25) is 0 Å². The standard InChI is InChI=1S/C13H17N5O3/c1-8-5-10(17(4)16-8)11(19)15-9-6-14-18(7-9)13(2,3)12(20)21/h5-7H,1-4H3,(H,15,19)(H,20,21). The molecule has 0 bridgehead atoms. The summed E-state index contributed by atoms with van der Waals surface area (Å²) in [6.07, 6.45) is 2.89. The zero-order valence-electron chi connectivity index (χ0n) is 12.3. The molecule has 0 radical (unpaired) electrons. The second kappa shape index (κ2) is 5.04. The molecule has 2 heterocycles. The molecule has 0 spiro atoms. The summed E-state index contributed by atoms with van der Waals surface area (Å²) >= 11 is 0. The Morgan fingerprint density at radius 3 is 2.57 bits per heavy atom. The molecule has 21 heavy (non-hydrogen) atoms. The third-order valence-corrected chi connectivity index (χ3v) is 3.17. The number of rotatable bonds is 4. The zero-order valence-corrected chi connectivity index (χ0v) is 12.3. The number of aryl methyl sites for hydroxylation is 2. The van der Waals surface area contributed by atoms with Crippen molar-refractivity contribution < 1.29 is 14.7 Å². The largest absolute Gasteiger partial charge is 0.479 e. The fourth-order valence-corrected chi connectivity index (χ4v) is 1.81. The minimum absolute atomic E-state index is 0.328. The van der Waals surface area contributed by atoms with Gasteiger partial charge in [-0.3, -0.25) is 14.2 Å². The maximum atomic E-state index is 12.1. The van der Waals surface area contributed by atoms with Gasteiger partial charge in [-0.1, -0.05) is 0 Å². The van der Waals surface area contributed by atoms with Crippen LogP contribution < -0.4 is 5.32 Å².